The molecule has 0 fully saturated rings. The molecule has 0 heterocycles. The van der Waals surface area contributed by atoms with Gasteiger partial charge in [0.25, 0.3) is 0 Å². The molecule has 4 heteroatoms. The molecule has 2 aliphatic rings. The van der Waals surface area contributed by atoms with Crippen LogP contribution < -0.4 is 0 Å². The van der Waals surface area contributed by atoms with Crippen LogP contribution in [0.2, 0.25) is 0 Å². The van der Waals surface area contributed by atoms with Crippen LogP contribution in [0.4, 0.5) is 5.69 Å². The molecule has 0 spiro atoms. The van der Waals surface area contributed by atoms with Crippen molar-refractivity contribution in [2.75, 3.05) is 0 Å². The van der Waals surface area contributed by atoms with Crippen molar-refractivity contribution >= 4 is 34.0 Å². The highest BCUT2D eigenvalue weighted by atomic mass is 16.1. The number of rotatable bonds is 3. The van der Waals surface area contributed by atoms with Crippen LogP contribution in [0.15, 0.2) is 114 Å². The molecule has 0 bridgehead atoms. The zero-order valence-corrected chi connectivity index (χ0v) is 20.9. The van der Waals surface area contributed by atoms with E-state index in [2.05, 4.69) is 10.9 Å². The summed E-state index contributed by atoms with van der Waals surface area (Å²) in [6.07, 6.45) is 7.43. The van der Waals surface area contributed by atoms with Crippen LogP contribution in [0.25, 0.3) is 21.6 Å². The third-order valence-corrected chi connectivity index (χ3v) is 6.69. The number of carbonyl (C=O) groups excluding carboxylic acids is 2. The minimum Gasteiger partial charge on any atom is -0.289 e. The highest BCUT2D eigenvalue weighted by molar-refractivity contribution is 6.44. The second-order valence-electron chi connectivity index (χ2n) is 9.28. The van der Waals surface area contributed by atoms with E-state index in [1.54, 1.807) is 55.5 Å². The SMILES string of the molecule is [C-]#[N+]c1ccc(C2=C/C(=C3\C=C(C)C(=O)C(c4ccc(C#N)cc4)=C3)C=C(c3ccc(C)cc3)C2=O)cc1. The second-order valence-corrected chi connectivity index (χ2v) is 9.28. The maximum absolute atomic E-state index is 13.7. The number of nitrogens with zero attached hydrogens (tertiary/aromatic N) is 2. The van der Waals surface area contributed by atoms with Gasteiger partial charge in [0, 0.05) is 16.7 Å². The average molecular weight is 491 g/mol. The van der Waals surface area contributed by atoms with Gasteiger partial charge in [-0.05, 0) is 83.7 Å². The number of aryl methyl sites for hydroxylation is 1. The Kier molecular flexibility index (Phi) is 6.40. The van der Waals surface area contributed by atoms with Crippen LogP contribution in [0.1, 0.15) is 34.7 Å². The molecule has 0 saturated carbocycles. The van der Waals surface area contributed by atoms with Gasteiger partial charge in [-0.15, -0.1) is 0 Å². The first-order valence-electron chi connectivity index (χ1n) is 12.1. The Morgan fingerprint density at radius 3 is 1.58 bits per heavy atom. The predicted molar refractivity (Wildman–Crippen MR) is 150 cm³/mol. The summed E-state index contributed by atoms with van der Waals surface area (Å²) in [5.74, 6) is -0.176. The Morgan fingerprint density at radius 1 is 0.632 bits per heavy atom. The third-order valence-electron chi connectivity index (χ3n) is 6.69. The van der Waals surface area contributed by atoms with Gasteiger partial charge in [0.05, 0.1) is 18.2 Å². The minimum atomic E-state index is -0.0994. The number of carbonyl (C=O) groups is 2. The summed E-state index contributed by atoms with van der Waals surface area (Å²) in [6, 6.07) is 23.9. The standard InChI is InChI=1S/C34H22N2O2/c1-21-4-8-24(9-5-21)31-18-28(19-32(34(31)38)26-12-14-29(36-3)15-13-26)27-16-22(2)33(37)30(17-27)25-10-6-23(20-35)7-11-25/h4-19H,1-2H3/b28-27+. The smallest absolute Gasteiger partial charge is 0.194 e. The molecule has 0 N–H and O–H groups in total. The Morgan fingerprint density at radius 2 is 1.08 bits per heavy atom. The van der Waals surface area contributed by atoms with Gasteiger partial charge in [0.15, 0.2) is 17.3 Å². The van der Waals surface area contributed by atoms with Crippen molar-refractivity contribution in [3.63, 3.8) is 0 Å². The molecule has 0 aromatic heterocycles. The highest BCUT2D eigenvalue weighted by Crippen LogP contribution is 2.36. The van der Waals surface area contributed by atoms with Gasteiger partial charge in [0.2, 0.25) is 0 Å². The average Bonchev–Trinajstić information content (AvgIpc) is 2.95. The van der Waals surface area contributed by atoms with E-state index in [4.69, 9.17) is 11.8 Å². The summed E-state index contributed by atoms with van der Waals surface area (Å²) < 4.78 is 0. The molecule has 0 aliphatic heterocycles. The fourth-order valence-electron chi connectivity index (χ4n) is 4.55. The van der Waals surface area contributed by atoms with E-state index in [9.17, 15) is 9.59 Å². The minimum absolute atomic E-state index is 0.0763. The Labute approximate surface area is 221 Å². The van der Waals surface area contributed by atoms with E-state index in [0.717, 1.165) is 33.4 Å². The Balaban J connectivity index is 1.71. The zero-order chi connectivity index (χ0) is 26.8. The summed E-state index contributed by atoms with van der Waals surface area (Å²) in [4.78, 5) is 30.3. The molecular weight excluding hydrogens is 468 g/mol. The quantitative estimate of drug-likeness (QED) is 0.360. The van der Waals surface area contributed by atoms with Crippen molar-refractivity contribution in [3.8, 4) is 6.07 Å². The summed E-state index contributed by atoms with van der Waals surface area (Å²) in [7, 11) is 0. The van der Waals surface area contributed by atoms with E-state index in [0.29, 0.717) is 33.5 Å². The van der Waals surface area contributed by atoms with Gasteiger partial charge >= 0.3 is 0 Å². The van der Waals surface area contributed by atoms with Gasteiger partial charge in [-0.1, -0.05) is 66.2 Å². The van der Waals surface area contributed by atoms with E-state index in [1.807, 2.05) is 55.5 Å². The zero-order valence-electron chi connectivity index (χ0n) is 20.9. The second kappa shape index (κ2) is 9.97. The topological polar surface area (TPSA) is 62.3 Å². The fraction of sp³-hybridized carbons (Fsp3) is 0.0588. The van der Waals surface area contributed by atoms with Gasteiger partial charge in [-0.3, -0.25) is 9.59 Å². The molecule has 0 radical (unpaired) electrons. The van der Waals surface area contributed by atoms with Crippen LogP contribution in [-0.4, -0.2) is 11.6 Å². The first-order chi connectivity index (χ1) is 18.4. The van der Waals surface area contributed by atoms with E-state index >= 15 is 0 Å². The van der Waals surface area contributed by atoms with Crippen LogP contribution in [0.3, 0.4) is 0 Å². The van der Waals surface area contributed by atoms with Crippen molar-refractivity contribution in [2.45, 2.75) is 13.8 Å². The van der Waals surface area contributed by atoms with Crippen LogP contribution in [0.5, 0.6) is 0 Å². The number of ketones is 2. The lowest BCUT2D eigenvalue weighted by molar-refractivity contribution is -0.110. The summed E-state index contributed by atoms with van der Waals surface area (Å²) >= 11 is 0. The lowest BCUT2D eigenvalue weighted by Crippen LogP contribution is -2.12. The molecule has 2 aliphatic carbocycles. The maximum Gasteiger partial charge on any atom is 0.194 e. The molecule has 0 unspecified atom stereocenters. The fourth-order valence-corrected chi connectivity index (χ4v) is 4.55. The predicted octanol–water partition coefficient (Wildman–Crippen LogP) is 7.38. The number of hydrogen-bond acceptors (Lipinski definition) is 3. The molecule has 38 heavy (non-hydrogen) atoms. The lowest BCUT2D eigenvalue weighted by atomic mass is 9.82. The lowest BCUT2D eigenvalue weighted by Gasteiger charge is -2.20. The van der Waals surface area contributed by atoms with Crippen molar-refractivity contribution in [1.82, 2.24) is 0 Å². The number of Topliss-reactive ketones (excluding diaryl/α,β-unsaturated/α-hetero) is 2. The number of nitriles is 1. The Bertz CT molecular complexity index is 1730. The van der Waals surface area contributed by atoms with Crippen LogP contribution in [-0.2, 0) is 9.59 Å². The van der Waals surface area contributed by atoms with Crippen LogP contribution in [0, 0.1) is 24.8 Å². The van der Waals surface area contributed by atoms with Crippen molar-refractivity contribution in [2.24, 2.45) is 0 Å². The third kappa shape index (κ3) is 4.60. The summed E-state index contributed by atoms with van der Waals surface area (Å²) in [6.45, 7) is 11.0. The number of benzene rings is 3. The molecule has 5 rings (SSSR count). The van der Waals surface area contributed by atoms with E-state index in [-0.39, 0.29) is 11.6 Å². The van der Waals surface area contributed by atoms with Gasteiger partial charge in [0.1, 0.15) is 0 Å². The molecule has 3 aromatic rings. The van der Waals surface area contributed by atoms with Crippen molar-refractivity contribution in [3.05, 3.63) is 153 Å². The largest absolute Gasteiger partial charge is 0.289 e. The molecule has 0 atom stereocenters. The molecule has 3 aromatic carbocycles. The van der Waals surface area contributed by atoms with Gasteiger partial charge in [-0.2, -0.15) is 5.26 Å². The summed E-state index contributed by atoms with van der Waals surface area (Å²) in [5, 5.41) is 9.15. The van der Waals surface area contributed by atoms with E-state index < -0.39 is 0 Å². The van der Waals surface area contributed by atoms with Crippen molar-refractivity contribution in [1.29, 1.82) is 5.26 Å². The monoisotopic (exact) mass is 490 g/mol. The Hall–Kier alpha value is -5.32. The summed E-state index contributed by atoms with van der Waals surface area (Å²) in [5.41, 5.74) is 8.23. The molecule has 0 saturated heterocycles. The maximum atomic E-state index is 13.7. The molecule has 0 amide bonds. The van der Waals surface area contributed by atoms with Crippen LogP contribution >= 0.6 is 0 Å². The van der Waals surface area contributed by atoms with Gasteiger partial charge < -0.3 is 0 Å². The van der Waals surface area contributed by atoms with Gasteiger partial charge in [-0.25, -0.2) is 4.85 Å². The van der Waals surface area contributed by atoms with E-state index in [1.165, 1.54) is 0 Å². The molecule has 180 valence electrons. The molecular formula is C34H22N2O2. The molecule has 4 nitrogen and oxygen atoms in total. The normalized spacial score (nSPS) is 17.1. The number of hydrogen-bond donors (Lipinski definition) is 0. The first-order valence-corrected chi connectivity index (χ1v) is 12.1. The number of allylic oxidation sites excluding steroid dienone is 10. The first kappa shape index (κ1) is 24.4. The van der Waals surface area contributed by atoms with Crippen molar-refractivity contribution < 1.29 is 9.59 Å². The highest BCUT2D eigenvalue weighted by Gasteiger charge is 2.26.